The summed E-state index contributed by atoms with van der Waals surface area (Å²) in [5.74, 6) is 0.168. The second-order valence-electron chi connectivity index (χ2n) is 6.44. The third kappa shape index (κ3) is 5.09. The Bertz CT molecular complexity index is 292. The maximum absolute atomic E-state index is 12.1. The molecule has 0 saturated carbocycles. The number of rotatable bonds is 5. The first-order chi connectivity index (χ1) is 8.78. The molecule has 0 atom stereocenters. The summed E-state index contributed by atoms with van der Waals surface area (Å²) in [4.78, 5) is 14.0. The fourth-order valence-corrected chi connectivity index (χ4v) is 2.27. The van der Waals surface area contributed by atoms with Crippen molar-refractivity contribution in [2.24, 2.45) is 5.41 Å². The molecule has 0 aromatic rings. The average Bonchev–Trinajstić information content (AvgIpc) is 2.34. The summed E-state index contributed by atoms with van der Waals surface area (Å²) in [7, 11) is 1.66. The minimum atomic E-state index is -0.692. The number of nitrogens with one attached hydrogen (secondary N) is 1. The molecule has 2 N–H and O–H groups in total. The summed E-state index contributed by atoms with van der Waals surface area (Å²) < 4.78 is 4.95. The molecule has 0 bridgehead atoms. The van der Waals surface area contributed by atoms with Gasteiger partial charge in [-0.1, -0.05) is 20.8 Å². The number of carbonyl (C=O) groups excluding carboxylic acids is 1. The molecule has 1 aliphatic heterocycles. The highest BCUT2D eigenvalue weighted by Crippen LogP contribution is 2.25. The Morgan fingerprint density at radius 3 is 2.42 bits per heavy atom. The summed E-state index contributed by atoms with van der Waals surface area (Å²) in [6, 6.07) is 0. The van der Waals surface area contributed by atoms with E-state index in [0.717, 1.165) is 6.54 Å². The van der Waals surface area contributed by atoms with Gasteiger partial charge in [-0.3, -0.25) is 4.79 Å². The molecular weight excluding hydrogens is 244 g/mol. The second-order valence-corrected chi connectivity index (χ2v) is 6.44. The lowest BCUT2D eigenvalue weighted by atomic mass is 9.88. The minimum absolute atomic E-state index is 0.168. The number of piperidine rings is 1. The summed E-state index contributed by atoms with van der Waals surface area (Å²) in [5, 5.41) is 13.6. The number of carbonyl (C=O) groups is 1. The van der Waals surface area contributed by atoms with Crippen LogP contribution in [0.15, 0.2) is 0 Å². The van der Waals surface area contributed by atoms with Gasteiger partial charge in [-0.15, -0.1) is 0 Å². The summed E-state index contributed by atoms with van der Waals surface area (Å²) >= 11 is 0. The summed E-state index contributed by atoms with van der Waals surface area (Å²) in [6.07, 6.45) is 1.27. The molecule has 0 unspecified atom stereocenters. The van der Waals surface area contributed by atoms with Gasteiger partial charge in [-0.2, -0.15) is 0 Å². The number of hydrogen-bond donors (Lipinski definition) is 2. The Labute approximate surface area is 116 Å². The van der Waals surface area contributed by atoms with Crippen LogP contribution in [0, 0.1) is 5.41 Å². The van der Waals surface area contributed by atoms with E-state index in [1.54, 1.807) is 7.11 Å². The fourth-order valence-electron chi connectivity index (χ4n) is 2.27. The third-order valence-electron chi connectivity index (χ3n) is 3.56. The predicted octanol–water partition coefficient (Wildman–Crippen LogP) is 0.622. The molecule has 0 spiro atoms. The zero-order valence-corrected chi connectivity index (χ0v) is 12.7. The number of likely N-dealkylation sites (tertiary alicyclic amines) is 1. The molecule has 0 aromatic heterocycles. The third-order valence-corrected chi connectivity index (χ3v) is 3.56. The molecule has 1 rings (SSSR count). The molecular formula is C14H28N2O3. The summed E-state index contributed by atoms with van der Waals surface area (Å²) in [5.41, 5.74) is -1.03. The summed E-state index contributed by atoms with van der Waals surface area (Å²) in [6.45, 7) is 9.02. The van der Waals surface area contributed by atoms with Gasteiger partial charge in [0.05, 0.1) is 12.2 Å². The van der Waals surface area contributed by atoms with E-state index in [2.05, 4.69) is 5.32 Å². The van der Waals surface area contributed by atoms with Crippen molar-refractivity contribution in [1.29, 1.82) is 0 Å². The van der Waals surface area contributed by atoms with Gasteiger partial charge in [0, 0.05) is 38.7 Å². The SMILES string of the molecule is COCCNCC1(O)CCN(C(=O)C(C)(C)C)CC1. The Morgan fingerprint density at radius 2 is 1.95 bits per heavy atom. The largest absolute Gasteiger partial charge is 0.388 e. The van der Waals surface area contributed by atoms with Crippen LogP contribution in [0.5, 0.6) is 0 Å². The Kier molecular flexibility index (Phi) is 5.77. The first kappa shape index (κ1) is 16.4. The van der Waals surface area contributed by atoms with Crippen LogP contribution < -0.4 is 5.32 Å². The van der Waals surface area contributed by atoms with Crippen LogP contribution in [0.25, 0.3) is 0 Å². The number of hydrogen-bond acceptors (Lipinski definition) is 4. The van der Waals surface area contributed by atoms with Gasteiger partial charge >= 0.3 is 0 Å². The van der Waals surface area contributed by atoms with E-state index in [4.69, 9.17) is 4.74 Å². The van der Waals surface area contributed by atoms with Crippen LogP contribution in [-0.2, 0) is 9.53 Å². The van der Waals surface area contributed by atoms with Crippen LogP contribution in [-0.4, -0.2) is 61.4 Å². The highest BCUT2D eigenvalue weighted by molar-refractivity contribution is 5.81. The van der Waals surface area contributed by atoms with Crippen molar-refractivity contribution in [3.8, 4) is 0 Å². The van der Waals surface area contributed by atoms with Gasteiger partial charge in [0.1, 0.15) is 0 Å². The van der Waals surface area contributed by atoms with Crippen molar-refractivity contribution in [2.75, 3.05) is 39.9 Å². The quantitative estimate of drug-likeness (QED) is 0.720. The minimum Gasteiger partial charge on any atom is -0.388 e. The Balaban J connectivity index is 2.37. The lowest BCUT2D eigenvalue weighted by Crippen LogP contribution is -2.53. The standard InChI is InChI=1S/C14H28N2O3/c1-13(2,3)12(17)16-8-5-14(18,6-9-16)11-15-7-10-19-4/h15,18H,5-11H2,1-4H3. The molecule has 5 heteroatoms. The van der Waals surface area contributed by atoms with E-state index < -0.39 is 5.60 Å². The van der Waals surface area contributed by atoms with Gasteiger partial charge in [0.25, 0.3) is 0 Å². The normalized spacial score (nSPS) is 19.5. The highest BCUT2D eigenvalue weighted by Gasteiger charge is 2.36. The highest BCUT2D eigenvalue weighted by atomic mass is 16.5. The van der Waals surface area contributed by atoms with Crippen LogP contribution in [0.1, 0.15) is 33.6 Å². The van der Waals surface area contributed by atoms with Gasteiger partial charge in [0.2, 0.25) is 5.91 Å². The van der Waals surface area contributed by atoms with Crippen molar-refractivity contribution in [1.82, 2.24) is 10.2 Å². The van der Waals surface area contributed by atoms with E-state index in [-0.39, 0.29) is 11.3 Å². The van der Waals surface area contributed by atoms with Gasteiger partial charge in [-0.25, -0.2) is 0 Å². The molecule has 5 nitrogen and oxygen atoms in total. The van der Waals surface area contributed by atoms with Gasteiger partial charge in [0.15, 0.2) is 0 Å². The Morgan fingerprint density at radius 1 is 1.37 bits per heavy atom. The molecule has 1 amide bonds. The van der Waals surface area contributed by atoms with Gasteiger partial charge in [-0.05, 0) is 12.8 Å². The number of ether oxygens (including phenoxy) is 1. The molecule has 1 saturated heterocycles. The van der Waals surface area contributed by atoms with Crippen molar-refractivity contribution in [3.05, 3.63) is 0 Å². The monoisotopic (exact) mass is 272 g/mol. The van der Waals surface area contributed by atoms with Crippen molar-refractivity contribution in [3.63, 3.8) is 0 Å². The molecule has 0 aromatic carbocycles. The van der Waals surface area contributed by atoms with E-state index in [1.165, 1.54) is 0 Å². The number of aliphatic hydroxyl groups is 1. The number of amides is 1. The van der Waals surface area contributed by atoms with E-state index in [9.17, 15) is 9.90 Å². The van der Waals surface area contributed by atoms with Crippen molar-refractivity contribution < 1.29 is 14.6 Å². The number of methoxy groups -OCH3 is 1. The number of nitrogens with zero attached hydrogens (tertiary/aromatic N) is 1. The molecule has 0 radical (unpaired) electrons. The molecule has 19 heavy (non-hydrogen) atoms. The van der Waals surface area contributed by atoms with Crippen molar-refractivity contribution in [2.45, 2.75) is 39.2 Å². The smallest absolute Gasteiger partial charge is 0.227 e. The first-order valence-electron chi connectivity index (χ1n) is 7.00. The first-order valence-corrected chi connectivity index (χ1v) is 7.00. The maximum atomic E-state index is 12.1. The molecule has 112 valence electrons. The van der Waals surface area contributed by atoms with Crippen LogP contribution >= 0.6 is 0 Å². The van der Waals surface area contributed by atoms with E-state index in [0.29, 0.717) is 39.1 Å². The van der Waals surface area contributed by atoms with Crippen LogP contribution in [0.3, 0.4) is 0 Å². The maximum Gasteiger partial charge on any atom is 0.227 e. The van der Waals surface area contributed by atoms with Gasteiger partial charge < -0.3 is 20.1 Å². The second kappa shape index (κ2) is 6.68. The average molecular weight is 272 g/mol. The molecule has 1 fully saturated rings. The molecule has 1 aliphatic rings. The Hall–Kier alpha value is -0.650. The van der Waals surface area contributed by atoms with Crippen LogP contribution in [0.4, 0.5) is 0 Å². The lowest BCUT2D eigenvalue weighted by Gasteiger charge is -2.40. The predicted molar refractivity (Wildman–Crippen MR) is 75.0 cm³/mol. The van der Waals surface area contributed by atoms with Crippen LogP contribution in [0.2, 0.25) is 0 Å². The zero-order valence-electron chi connectivity index (χ0n) is 12.7. The lowest BCUT2D eigenvalue weighted by molar-refractivity contribution is -0.143. The zero-order chi connectivity index (χ0) is 14.5. The topological polar surface area (TPSA) is 61.8 Å². The van der Waals surface area contributed by atoms with Crippen molar-refractivity contribution >= 4 is 5.91 Å². The fraction of sp³-hybridized carbons (Fsp3) is 0.929. The molecule has 1 heterocycles. The van der Waals surface area contributed by atoms with E-state index in [1.807, 2.05) is 25.7 Å². The molecule has 0 aliphatic carbocycles. The van der Waals surface area contributed by atoms with E-state index >= 15 is 0 Å².